The molecule has 0 saturated heterocycles. The molecule has 0 radical (unpaired) electrons. The maximum Gasteiger partial charge on any atom is 0.165 e. The molecule has 1 heterocycles. The molecule has 1 aromatic rings. The predicted molar refractivity (Wildman–Crippen MR) is 52.8 cm³/mol. The molecular formula is C10H16N2O2. The van der Waals surface area contributed by atoms with Crippen LogP contribution in [0.15, 0.2) is 12.4 Å². The largest absolute Gasteiger partial charge is 0.385 e. The highest BCUT2D eigenvalue weighted by atomic mass is 16.3. The molecule has 1 unspecified atom stereocenters. The highest BCUT2D eigenvalue weighted by molar-refractivity contribution is 5.85. The van der Waals surface area contributed by atoms with Gasteiger partial charge in [-0.1, -0.05) is 13.8 Å². The third-order valence-electron chi connectivity index (χ3n) is 2.10. The Morgan fingerprint density at radius 1 is 1.64 bits per heavy atom. The monoisotopic (exact) mass is 196 g/mol. The number of hydrogen-bond acceptors (Lipinski definition) is 3. The second kappa shape index (κ2) is 4.37. The van der Waals surface area contributed by atoms with E-state index in [1.807, 2.05) is 13.8 Å². The van der Waals surface area contributed by atoms with E-state index in [9.17, 15) is 9.90 Å². The summed E-state index contributed by atoms with van der Waals surface area (Å²) in [5, 5.41) is 13.4. The van der Waals surface area contributed by atoms with Crippen molar-refractivity contribution in [1.29, 1.82) is 0 Å². The fraction of sp³-hybridized carbons (Fsp3) is 0.600. The molecule has 0 bridgehead atoms. The average molecular weight is 196 g/mol. The van der Waals surface area contributed by atoms with Crippen LogP contribution in [0.2, 0.25) is 0 Å². The topological polar surface area (TPSA) is 55.1 Å². The molecule has 4 heteroatoms. The van der Waals surface area contributed by atoms with Crippen LogP contribution in [0.5, 0.6) is 0 Å². The highest BCUT2D eigenvalue weighted by Gasteiger charge is 2.19. The normalized spacial score (nSPS) is 13.2. The number of aromatic nitrogens is 2. The SMILES string of the molecule is CC(C)C(O)C(=O)Cc1cnn(C)c1. The lowest BCUT2D eigenvalue weighted by molar-refractivity contribution is -0.128. The van der Waals surface area contributed by atoms with Gasteiger partial charge >= 0.3 is 0 Å². The van der Waals surface area contributed by atoms with Crippen molar-refractivity contribution in [3.8, 4) is 0 Å². The van der Waals surface area contributed by atoms with Gasteiger partial charge in [-0.15, -0.1) is 0 Å². The Kier molecular flexibility index (Phi) is 3.41. The fourth-order valence-corrected chi connectivity index (χ4v) is 1.24. The highest BCUT2D eigenvalue weighted by Crippen LogP contribution is 2.07. The molecule has 0 spiro atoms. The van der Waals surface area contributed by atoms with E-state index >= 15 is 0 Å². The fourth-order valence-electron chi connectivity index (χ4n) is 1.24. The second-order valence-electron chi connectivity index (χ2n) is 3.85. The van der Waals surface area contributed by atoms with Crippen LogP contribution >= 0.6 is 0 Å². The van der Waals surface area contributed by atoms with Gasteiger partial charge in [-0.05, 0) is 11.5 Å². The van der Waals surface area contributed by atoms with Crippen LogP contribution in [0.4, 0.5) is 0 Å². The smallest absolute Gasteiger partial charge is 0.165 e. The van der Waals surface area contributed by atoms with Crippen molar-refractivity contribution in [2.75, 3.05) is 0 Å². The Bertz CT molecular complexity index is 318. The molecule has 1 aromatic heterocycles. The van der Waals surface area contributed by atoms with Gasteiger partial charge in [0.25, 0.3) is 0 Å². The van der Waals surface area contributed by atoms with Gasteiger partial charge in [-0.2, -0.15) is 5.10 Å². The van der Waals surface area contributed by atoms with Crippen LogP contribution < -0.4 is 0 Å². The standard InChI is InChI=1S/C10H16N2O2/c1-7(2)10(14)9(13)4-8-5-11-12(3)6-8/h5-7,10,14H,4H2,1-3H3. The molecule has 0 aliphatic carbocycles. The van der Waals surface area contributed by atoms with Crippen molar-refractivity contribution >= 4 is 5.78 Å². The lowest BCUT2D eigenvalue weighted by atomic mass is 9.99. The lowest BCUT2D eigenvalue weighted by Gasteiger charge is -2.11. The van der Waals surface area contributed by atoms with Crippen molar-refractivity contribution in [3.63, 3.8) is 0 Å². The Morgan fingerprint density at radius 2 is 2.29 bits per heavy atom. The number of carbonyl (C=O) groups excluding carboxylic acids is 1. The quantitative estimate of drug-likeness (QED) is 0.765. The van der Waals surface area contributed by atoms with Crippen molar-refractivity contribution in [2.45, 2.75) is 26.4 Å². The van der Waals surface area contributed by atoms with Gasteiger partial charge in [-0.25, -0.2) is 0 Å². The van der Waals surface area contributed by atoms with Crippen molar-refractivity contribution in [2.24, 2.45) is 13.0 Å². The molecule has 0 saturated carbocycles. The summed E-state index contributed by atoms with van der Waals surface area (Å²) in [7, 11) is 1.80. The number of ketones is 1. The summed E-state index contributed by atoms with van der Waals surface area (Å²) in [5.74, 6) is -0.174. The van der Waals surface area contributed by atoms with E-state index in [1.165, 1.54) is 0 Å². The van der Waals surface area contributed by atoms with Crippen LogP contribution in [0, 0.1) is 5.92 Å². The Balaban J connectivity index is 2.57. The third-order valence-corrected chi connectivity index (χ3v) is 2.10. The molecule has 1 rings (SSSR count). The van der Waals surface area contributed by atoms with E-state index in [0.29, 0.717) is 0 Å². The summed E-state index contributed by atoms with van der Waals surface area (Å²) >= 11 is 0. The summed E-state index contributed by atoms with van der Waals surface area (Å²) in [6.45, 7) is 3.65. The van der Waals surface area contributed by atoms with Gasteiger partial charge in [0.1, 0.15) is 6.10 Å². The third kappa shape index (κ3) is 2.67. The summed E-state index contributed by atoms with van der Waals surface area (Å²) in [5.41, 5.74) is 0.845. The minimum Gasteiger partial charge on any atom is -0.385 e. The number of Topliss-reactive ketones (excluding diaryl/α,β-unsaturated/α-hetero) is 1. The molecule has 0 fully saturated rings. The molecule has 0 aliphatic heterocycles. The van der Waals surface area contributed by atoms with Gasteiger partial charge in [0.2, 0.25) is 0 Å². The van der Waals surface area contributed by atoms with E-state index < -0.39 is 6.10 Å². The summed E-state index contributed by atoms with van der Waals surface area (Å²) in [6, 6.07) is 0. The zero-order valence-corrected chi connectivity index (χ0v) is 8.77. The predicted octanol–water partition coefficient (Wildman–Crippen LogP) is 0.549. The number of aryl methyl sites for hydroxylation is 1. The Morgan fingerprint density at radius 3 is 2.71 bits per heavy atom. The van der Waals surface area contributed by atoms with E-state index in [4.69, 9.17) is 0 Å². The number of aliphatic hydroxyl groups excluding tert-OH is 1. The minimum absolute atomic E-state index is 0.0285. The second-order valence-corrected chi connectivity index (χ2v) is 3.85. The summed E-state index contributed by atoms with van der Waals surface area (Å²) < 4.78 is 1.64. The van der Waals surface area contributed by atoms with Gasteiger partial charge in [0.05, 0.1) is 6.20 Å². The van der Waals surface area contributed by atoms with Crippen molar-refractivity contribution in [1.82, 2.24) is 9.78 Å². The van der Waals surface area contributed by atoms with Crippen LogP contribution in [-0.4, -0.2) is 26.8 Å². The summed E-state index contributed by atoms with van der Waals surface area (Å²) in [6.07, 6.45) is 2.82. The maximum absolute atomic E-state index is 11.5. The van der Waals surface area contributed by atoms with Crippen LogP contribution in [0.25, 0.3) is 0 Å². The van der Waals surface area contributed by atoms with E-state index in [1.54, 1.807) is 24.1 Å². The van der Waals surface area contributed by atoms with Crippen LogP contribution in [-0.2, 0) is 18.3 Å². The van der Waals surface area contributed by atoms with E-state index in [-0.39, 0.29) is 18.1 Å². The molecule has 0 aromatic carbocycles. The summed E-state index contributed by atoms with van der Waals surface area (Å²) in [4.78, 5) is 11.5. The van der Waals surface area contributed by atoms with Gasteiger partial charge < -0.3 is 5.11 Å². The molecule has 0 aliphatic rings. The number of rotatable bonds is 4. The molecule has 4 nitrogen and oxygen atoms in total. The number of nitrogens with zero attached hydrogens (tertiary/aromatic N) is 2. The first kappa shape index (κ1) is 10.9. The van der Waals surface area contributed by atoms with Gasteiger partial charge in [0.15, 0.2) is 5.78 Å². The molecule has 1 N–H and O–H groups in total. The number of carbonyl (C=O) groups is 1. The zero-order chi connectivity index (χ0) is 10.7. The van der Waals surface area contributed by atoms with E-state index in [2.05, 4.69) is 5.10 Å². The molecular weight excluding hydrogens is 180 g/mol. The van der Waals surface area contributed by atoms with Crippen LogP contribution in [0.1, 0.15) is 19.4 Å². The average Bonchev–Trinajstić information content (AvgIpc) is 2.49. The number of aliphatic hydroxyl groups is 1. The molecule has 78 valence electrons. The van der Waals surface area contributed by atoms with Crippen LogP contribution in [0.3, 0.4) is 0 Å². The first-order chi connectivity index (χ1) is 6.50. The minimum atomic E-state index is -0.866. The lowest BCUT2D eigenvalue weighted by Crippen LogP contribution is -2.27. The van der Waals surface area contributed by atoms with Crippen molar-refractivity contribution < 1.29 is 9.90 Å². The molecule has 0 amide bonds. The zero-order valence-electron chi connectivity index (χ0n) is 8.77. The van der Waals surface area contributed by atoms with Gasteiger partial charge in [0, 0.05) is 19.7 Å². The number of hydrogen-bond donors (Lipinski definition) is 1. The van der Waals surface area contributed by atoms with Gasteiger partial charge in [-0.3, -0.25) is 9.48 Å². The molecule has 14 heavy (non-hydrogen) atoms. The Hall–Kier alpha value is -1.16. The Labute approximate surface area is 83.5 Å². The first-order valence-corrected chi connectivity index (χ1v) is 4.69. The van der Waals surface area contributed by atoms with Crippen molar-refractivity contribution in [3.05, 3.63) is 18.0 Å². The first-order valence-electron chi connectivity index (χ1n) is 4.69. The van der Waals surface area contributed by atoms with E-state index in [0.717, 1.165) is 5.56 Å². The molecule has 1 atom stereocenters. The maximum atomic E-state index is 11.5.